The number of carbonyl (C=O) groups excluding carboxylic acids is 1. The standard InChI is InChI=1S/C17H12F3NO2/c1-23-12-5-6-14-11(7-12)8-15(21-14)16-10(9-22)3-2-4-13(16)17(18,19)20/h2-9,21H,1H3. The Hall–Kier alpha value is -2.76. The fraction of sp³-hybridized carbons (Fsp3) is 0.118. The largest absolute Gasteiger partial charge is 0.497 e. The van der Waals surface area contributed by atoms with Crippen LogP contribution in [0.5, 0.6) is 5.75 Å². The molecule has 0 fully saturated rings. The van der Waals surface area contributed by atoms with Crippen molar-refractivity contribution >= 4 is 17.2 Å². The smallest absolute Gasteiger partial charge is 0.417 e. The molecular weight excluding hydrogens is 307 g/mol. The Morgan fingerprint density at radius 3 is 2.57 bits per heavy atom. The maximum absolute atomic E-state index is 13.3. The van der Waals surface area contributed by atoms with Gasteiger partial charge in [-0.1, -0.05) is 12.1 Å². The first-order valence-electron chi connectivity index (χ1n) is 6.76. The van der Waals surface area contributed by atoms with Crippen molar-refractivity contribution < 1.29 is 22.7 Å². The van der Waals surface area contributed by atoms with Crippen LogP contribution in [0.3, 0.4) is 0 Å². The zero-order chi connectivity index (χ0) is 16.6. The van der Waals surface area contributed by atoms with E-state index in [1.807, 2.05) is 0 Å². The number of benzene rings is 2. The van der Waals surface area contributed by atoms with Crippen LogP contribution in [0, 0.1) is 0 Å². The van der Waals surface area contributed by atoms with Crippen LogP contribution >= 0.6 is 0 Å². The number of alkyl halides is 3. The third-order valence-corrected chi connectivity index (χ3v) is 3.63. The SMILES string of the molecule is COc1ccc2[nH]c(-c3c(C=O)cccc3C(F)(F)F)cc2c1. The molecule has 23 heavy (non-hydrogen) atoms. The minimum absolute atomic E-state index is 0.0154. The molecule has 0 aliphatic carbocycles. The highest BCUT2D eigenvalue weighted by Crippen LogP contribution is 2.39. The summed E-state index contributed by atoms with van der Waals surface area (Å²) in [6, 6.07) is 10.3. The topological polar surface area (TPSA) is 42.1 Å². The number of methoxy groups -OCH3 is 1. The fourth-order valence-electron chi connectivity index (χ4n) is 2.58. The van der Waals surface area contributed by atoms with Gasteiger partial charge in [0.15, 0.2) is 6.29 Å². The van der Waals surface area contributed by atoms with E-state index in [0.717, 1.165) is 6.07 Å². The van der Waals surface area contributed by atoms with Gasteiger partial charge in [0.1, 0.15) is 5.75 Å². The van der Waals surface area contributed by atoms with Crippen LogP contribution in [-0.2, 0) is 6.18 Å². The van der Waals surface area contributed by atoms with Gasteiger partial charge in [-0.25, -0.2) is 0 Å². The summed E-state index contributed by atoms with van der Waals surface area (Å²) in [6.45, 7) is 0. The Kier molecular flexibility index (Phi) is 3.60. The molecule has 0 bridgehead atoms. The molecule has 1 N–H and O–H groups in total. The van der Waals surface area contributed by atoms with Gasteiger partial charge in [0.05, 0.1) is 12.7 Å². The summed E-state index contributed by atoms with van der Waals surface area (Å²) in [5.41, 5.74) is -0.109. The Balaban J connectivity index is 2.27. The van der Waals surface area contributed by atoms with Crippen LogP contribution in [0.2, 0.25) is 0 Å². The van der Waals surface area contributed by atoms with Crippen LogP contribution in [0.15, 0.2) is 42.5 Å². The molecule has 0 atom stereocenters. The average Bonchev–Trinajstić information content (AvgIpc) is 2.95. The van der Waals surface area contributed by atoms with E-state index < -0.39 is 11.7 Å². The molecule has 0 unspecified atom stereocenters. The molecule has 0 aliphatic heterocycles. The first-order chi connectivity index (χ1) is 10.9. The molecule has 0 spiro atoms. The summed E-state index contributed by atoms with van der Waals surface area (Å²) in [7, 11) is 1.51. The van der Waals surface area contributed by atoms with Crippen molar-refractivity contribution in [1.29, 1.82) is 0 Å². The van der Waals surface area contributed by atoms with E-state index in [2.05, 4.69) is 4.98 Å². The molecule has 3 nitrogen and oxygen atoms in total. The Morgan fingerprint density at radius 2 is 1.91 bits per heavy atom. The van der Waals surface area contributed by atoms with Crippen molar-refractivity contribution in [2.45, 2.75) is 6.18 Å². The zero-order valence-corrected chi connectivity index (χ0v) is 12.1. The van der Waals surface area contributed by atoms with E-state index in [0.29, 0.717) is 22.9 Å². The van der Waals surface area contributed by atoms with Gasteiger partial charge in [0, 0.05) is 27.7 Å². The average molecular weight is 319 g/mol. The number of halogens is 3. The Morgan fingerprint density at radius 1 is 1.13 bits per heavy atom. The van der Waals surface area contributed by atoms with Crippen LogP contribution in [-0.4, -0.2) is 18.4 Å². The van der Waals surface area contributed by atoms with Crippen molar-refractivity contribution in [3.8, 4) is 17.0 Å². The summed E-state index contributed by atoms with van der Waals surface area (Å²) in [4.78, 5) is 14.1. The molecule has 118 valence electrons. The van der Waals surface area contributed by atoms with E-state index in [9.17, 15) is 18.0 Å². The van der Waals surface area contributed by atoms with Crippen LogP contribution < -0.4 is 4.74 Å². The van der Waals surface area contributed by atoms with E-state index >= 15 is 0 Å². The maximum atomic E-state index is 13.3. The maximum Gasteiger partial charge on any atom is 0.417 e. The molecule has 6 heteroatoms. The van der Waals surface area contributed by atoms with Crippen molar-refractivity contribution in [2.24, 2.45) is 0 Å². The minimum atomic E-state index is -4.55. The predicted octanol–water partition coefficient (Wildman–Crippen LogP) is 4.67. The first-order valence-corrected chi connectivity index (χ1v) is 6.76. The molecule has 3 rings (SSSR count). The highest BCUT2D eigenvalue weighted by atomic mass is 19.4. The second-order valence-corrected chi connectivity index (χ2v) is 5.02. The summed E-state index contributed by atoms with van der Waals surface area (Å²) in [5, 5.41) is 0.702. The number of rotatable bonds is 3. The first kappa shape index (κ1) is 15.1. The van der Waals surface area contributed by atoms with Gasteiger partial charge < -0.3 is 9.72 Å². The van der Waals surface area contributed by atoms with Crippen LogP contribution in [0.25, 0.3) is 22.2 Å². The van der Waals surface area contributed by atoms with Crippen molar-refractivity contribution in [2.75, 3.05) is 7.11 Å². The number of carbonyl (C=O) groups is 1. The van der Waals surface area contributed by atoms with Crippen molar-refractivity contribution in [3.63, 3.8) is 0 Å². The van der Waals surface area contributed by atoms with E-state index in [1.165, 1.54) is 19.2 Å². The third kappa shape index (κ3) is 2.67. The molecule has 1 aromatic heterocycles. The van der Waals surface area contributed by atoms with Gasteiger partial charge in [-0.05, 0) is 30.3 Å². The van der Waals surface area contributed by atoms with Crippen LogP contribution in [0.4, 0.5) is 13.2 Å². The number of H-pyrrole nitrogens is 1. The molecule has 2 aromatic carbocycles. The number of hydrogen-bond donors (Lipinski definition) is 1. The summed E-state index contributed by atoms with van der Waals surface area (Å²) in [5.74, 6) is 0.600. The van der Waals surface area contributed by atoms with Crippen molar-refractivity contribution in [1.82, 2.24) is 4.98 Å². The number of fused-ring (bicyclic) bond motifs is 1. The highest BCUT2D eigenvalue weighted by Gasteiger charge is 2.35. The molecule has 1 heterocycles. The van der Waals surface area contributed by atoms with E-state index in [4.69, 9.17) is 4.74 Å². The second kappa shape index (κ2) is 5.46. The summed E-state index contributed by atoms with van der Waals surface area (Å²) < 4.78 is 44.9. The quantitative estimate of drug-likeness (QED) is 0.713. The second-order valence-electron chi connectivity index (χ2n) is 5.02. The fourth-order valence-corrected chi connectivity index (χ4v) is 2.58. The summed E-state index contributed by atoms with van der Waals surface area (Å²) in [6.07, 6.45) is -4.12. The molecule has 3 aromatic rings. The summed E-state index contributed by atoms with van der Waals surface area (Å²) >= 11 is 0. The van der Waals surface area contributed by atoms with Gasteiger partial charge in [-0.15, -0.1) is 0 Å². The number of nitrogens with one attached hydrogen (secondary N) is 1. The molecule has 0 aliphatic rings. The lowest BCUT2D eigenvalue weighted by molar-refractivity contribution is -0.137. The van der Waals surface area contributed by atoms with Gasteiger partial charge >= 0.3 is 6.18 Å². The van der Waals surface area contributed by atoms with Gasteiger partial charge in [-0.2, -0.15) is 13.2 Å². The number of hydrogen-bond acceptors (Lipinski definition) is 2. The minimum Gasteiger partial charge on any atom is -0.497 e. The lowest BCUT2D eigenvalue weighted by Crippen LogP contribution is -2.09. The van der Waals surface area contributed by atoms with Gasteiger partial charge in [0.2, 0.25) is 0 Å². The lowest BCUT2D eigenvalue weighted by atomic mass is 9.98. The molecular formula is C17H12F3NO2. The molecule has 0 radical (unpaired) electrons. The normalized spacial score (nSPS) is 11.7. The van der Waals surface area contributed by atoms with Gasteiger partial charge in [-0.3, -0.25) is 4.79 Å². The lowest BCUT2D eigenvalue weighted by Gasteiger charge is -2.13. The van der Waals surface area contributed by atoms with Gasteiger partial charge in [0.25, 0.3) is 0 Å². The Labute approximate surface area is 129 Å². The zero-order valence-electron chi connectivity index (χ0n) is 12.1. The van der Waals surface area contributed by atoms with E-state index in [1.54, 1.807) is 24.3 Å². The molecule has 0 saturated carbocycles. The van der Waals surface area contributed by atoms with Crippen LogP contribution in [0.1, 0.15) is 15.9 Å². The molecule has 0 amide bonds. The monoisotopic (exact) mass is 319 g/mol. The highest BCUT2D eigenvalue weighted by molar-refractivity contribution is 5.93. The van der Waals surface area contributed by atoms with E-state index in [-0.39, 0.29) is 16.8 Å². The number of ether oxygens (including phenoxy) is 1. The predicted molar refractivity (Wildman–Crippen MR) is 80.7 cm³/mol. The number of aromatic amines is 1. The Bertz CT molecular complexity index is 881. The number of aromatic nitrogens is 1. The third-order valence-electron chi connectivity index (χ3n) is 3.63. The molecule has 0 saturated heterocycles. The number of aldehydes is 1. The van der Waals surface area contributed by atoms with Crippen molar-refractivity contribution in [3.05, 3.63) is 53.6 Å².